The average Bonchev–Trinajstić information content (AvgIpc) is 2.43. The molecule has 0 spiro atoms. The second kappa shape index (κ2) is 6.85. The predicted molar refractivity (Wildman–Crippen MR) is 75.3 cm³/mol. The smallest absolute Gasteiger partial charge is 0.292 e. The van der Waals surface area contributed by atoms with Crippen molar-refractivity contribution in [1.29, 1.82) is 0 Å². The number of anilines is 1. The van der Waals surface area contributed by atoms with Crippen LogP contribution in [0.1, 0.15) is 30.6 Å². The number of para-hydroxylation sites is 1. The molecule has 1 amide bonds. The van der Waals surface area contributed by atoms with Crippen LogP contribution in [-0.2, 0) is 0 Å². The second-order valence-corrected chi connectivity index (χ2v) is 4.66. The van der Waals surface area contributed by atoms with Gasteiger partial charge in [-0.3, -0.25) is 14.9 Å². The van der Waals surface area contributed by atoms with Crippen molar-refractivity contribution in [2.45, 2.75) is 26.4 Å². The van der Waals surface area contributed by atoms with Gasteiger partial charge >= 0.3 is 0 Å². The first-order chi connectivity index (χ1) is 9.38. The lowest BCUT2D eigenvalue weighted by molar-refractivity contribution is -0.383. The maximum atomic E-state index is 11.9. The summed E-state index contributed by atoms with van der Waals surface area (Å²) in [5, 5.41) is 23.0. The molecule has 0 saturated carbocycles. The number of carbonyl (C=O) groups is 1. The first-order valence-corrected chi connectivity index (χ1v) is 6.37. The highest BCUT2D eigenvalue weighted by Crippen LogP contribution is 2.24. The van der Waals surface area contributed by atoms with Crippen LogP contribution in [0.2, 0.25) is 0 Å². The number of aliphatic hydroxyl groups excluding tert-OH is 1. The third-order valence-electron chi connectivity index (χ3n) is 3.30. The van der Waals surface area contributed by atoms with E-state index in [9.17, 15) is 20.0 Å². The van der Waals surface area contributed by atoms with Crippen molar-refractivity contribution in [3.05, 3.63) is 33.9 Å². The number of nitro benzene ring substituents is 1. The Kier molecular flexibility index (Phi) is 5.45. The fourth-order valence-electron chi connectivity index (χ4n) is 1.68. The number of nitrogens with one attached hydrogen (secondary N) is 1. The number of hydrogen-bond acceptors (Lipinski definition) is 5. The molecule has 4 N–H and O–H groups in total. The van der Waals surface area contributed by atoms with Crippen LogP contribution in [0.5, 0.6) is 0 Å². The molecule has 7 nitrogen and oxygen atoms in total. The second-order valence-electron chi connectivity index (χ2n) is 4.66. The van der Waals surface area contributed by atoms with E-state index in [1.165, 1.54) is 18.2 Å². The highest BCUT2D eigenvalue weighted by molar-refractivity contribution is 6.00. The molecule has 1 aromatic rings. The number of nitrogen functional groups attached to an aromatic ring is 1. The molecule has 0 aliphatic rings. The molecular weight excluding hydrogens is 262 g/mol. The Morgan fingerprint density at radius 3 is 2.75 bits per heavy atom. The van der Waals surface area contributed by atoms with E-state index in [0.29, 0.717) is 0 Å². The number of hydrogen-bond donors (Lipinski definition) is 3. The molecule has 1 aromatic carbocycles. The normalized spacial score (nSPS) is 13.6. The lowest BCUT2D eigenvalue weighted by Crippen LogP contribution is -2.35. The van der Waals surface area contributed by atoms with Crippen LogP contribution < -0.4 is 11.1 Å². The Labute approximate surface area is 116 Å². The minimum Gasteiger partial charge on any atom is -0.393 e. The summed E-state index contributed by atoms with van der Waals surface area (Å²) in [5.41, 5.74) is 5.17. The molecule has 0 aliphatic heterocycles. The Balaban J connectivity index is 2.79. The van der Waals surface area contributed by atoms with Gasteiger partial charge in [0.05, 0.1) is 16.6 Å². The third kappa shape index (κ3) is 3.67. The molecule has 1 rings (SSSR count). The molecule has 20 heavy (non-hydrogen) atoms. The van der Waals surface area contributed by atoms with Crippen molar-refractivity contribution >= 4 is 17.3 Å². The van der Waals surface area contributed by atoms with Crippen LogP contribution in [0.4, 0.5) is 11.4 Å². The largest absolute Gasteiger partial charge is 0.393 e. The van der Waals surface area contributed by atoms with Crippen LogP contribution in [-0.4, -0.2) is 28.6 Å². The van der Waals surface area contributed by atoms with Gasteiger partial charge in [0.25, 0.3) is 11.6 Å². The van der Waals surface area contributed by atoms with Gasteiger partial charge in [0, 0.05) is 12.6 Å². The third-order valence-corrected chi connectivity index (χ3v) is 3.30. The van der Waals surface area contributed by atoms with Crippen molar-refractivity contribution in [3.8, 4) is 0 Å². The van der Waals surface area contributed by atoms with Gasteiger partial charge in [-0.05, 0) is 12.0 Å². The summed E-state index contributed by atoms with van der Waals surface area (Å²) in [4.78, 5) is 22.0. The van der Waals surface area contributed by atoms with Crippen molar-refractivity contribution in [2.24, 2.45) is 5.92 Å². The molecule has 110 valence electrons. The SMILES string of the molecule is CCC(C)C(O)CNC(=O)c1cccc([N+](=O)[O-])c1N. The fraction of sp³-hybridized carbons (Fsp3) is 0.462. The van der Waals surface area contributed by atoms with Crippen molar-refractivity contribution < 1.29 is 14.8 Å². The lowest BCUT2D eigenvalue weighted by atomic mass is 10.0. The van der Waals surface area contributed by atoms with Gasteiger partial charge in [-0.25, -0.2) is 0 Å². The van der Waals surface area contributed by atoms with Gasteiger partial charge in [-0.15, -0.1) is 0 Å². The molecule has 0 saturated heterocycles. The number of benzene rings is 1. The van der Waals surface area contributed by atoms with E-state index in [1.54, 1.807) is 0 Å². The quantitative estimate of drug-likeness (QED) is 0.412. The summed E-state index contributed by atoms with van der Waals surface area (Å²) in [6.07, 6.45) is 0.125. The number of amides is 1. The minimum atomic E-state index is -0.663. The van der Waals surface area contributed by atoms with Crippen molar-refractivity contribution in [3.63, 3.8) is 0 Å². The Bertz CT molecular complexity index is 504. The summed E-state index contributed by atoms with van der Waals surface area (Å²) in [6.45, 7) is 3.89. The summed E-state index contributed by atoms with van der Waals surface area (Å²) in [5.74, 6) is -0.480. The maximum Gasteiger partial charge on any atom is 0.292 e. The molecule has 0 aliphatic carbocycles. The summed E-state index contributed by atoms with van der Waals surface area (Å²) < 4.78 is 0. The molecular formula is C13H19N3O4. The van der Waals surface area contributed by atoms with E-state index < -0.39 is 16.9 Å². The zero-order valence-corrected chi connectivity index (χ0v) is 11.5. The number of nitro groups is 1. The van der Waals surface area contributed by atoms with Crippen molar-refractivity contribution in [1.82, 2.24) is 5.32 Å². The van der Waals surface area contributed by atoms with Gasteiger partial charge in [-0.2, -0.15) is 0 Å². The number of carbonyl (C=O) groups excluding carboxylic acids is 1. The maximum absolute atomic E-state index is 11.9. The number of rotatable bonds is 6. The molecule has 0 fully saturated rings. The van der Waals surface area contributed by atoms with Crippen LogP contribution in [0.15, 0.2) is 18.2 Å². The fourth-order valence-corrected chi connectivity index (χ4v) is 1.68. The topological polar surface area (TPSA) is 118 Å². The molecule has 0 aromatic heterocycles. The predicted octanol–water partition coefficient (Wildman–Crippen LogP) is 1.31. The van der Waals surface area contributed by atoms with Gasteiger partial charge in [-0.1, -0.05) is 26.3 Å². The molecule has 2 unspecified atom stereocenters. The summed E-state index contributed by atoms with van der Waals surface area (Å²) in [6, 6.07) is 4.04. The Morgan fingerprint density at radius 2 is 2.20 bits per heavy atom. The molecule has 0 heterocycles. The van der Waals surface area contributed by atoms with Gasteiger partial charge in [0.15, 0.2) is 0 Å². The highest BCUT2D eigenvalue weighted by Gasteiger charge is 2.20. The van der Waals surface area contributed by atoms with E-state index >= 15 is 0 Å². The zero-order chi connectivity index (χ0) is 15.3. The highest BCUT2D eigenvalue weighted by atomic mass is 16.6. The minimum absolute atomic E-state index is 0.0375. The number of nitrogens with zero attached hydrogens (tertiary/aromatic N) is 1. The summed E-state index contributed by atoms with van der Waals surface area (Å²) in [7, 11) is 0. The lowest BCUT2D eigenvalue weighted by Gasteiger charge is -2.17. The van der Waals surface area contributed by atoms with Crippen LogP contribution in [0.3, 0.4) is 0 Å². The number of aliphatic hydroxyl groups is 1. The summed E-state index contributed by atoms with van der Waals surface area (Å²) >= 11 is 0. The van der Waals surface area contributed by atoms with E-state index in [1.807, 2.05) is 13.8 Å². The van der Waals surface area contributed by atoms with Gasteiger partial charge in [0.1, 0.15) is 5.69 Å². The van der Waals surface area contributed by atoms with Crippen LogP contribution in [0, 0.1) is 16.0 Å². The van der Waals surface area contributed by atoms with Crippen LogP contribution >= 0.6 is 0 Å². The van der Waals surface area contributed by atoms with Gasteiger partial charge < -0.3 is 16.2 Å². The Hall–Kier alpha value is -2.15. The van der Waals surface area contributed by atoms with E-state index in [-0.39, 0.29) is 29.4 Å². The average molecular weight is 281 g/mol. The molecule has 0 bridgehead atoms. The molecule has 2 atom stereocenters. The molecule has 7 heteroatoms. The van der Waals surface area contributed by atoms with Gasteiger partial charge in [0.2, 0.25) is 0 Å². The van der Waals surface area contributed by atoms with Crippen molar-refractivity contribution in [2.75, 3.05) is 12.3 Å². The first kappa shape index (κ1) is 15.9. The van der Waals surface area contributed by atoms with E-state index in [2.05, 4.69) is 5.32 Å². The monoisotopic (exact) mass is 281 g/mol. The van der Waals surface area contributed by atoms with E-state index in [0.717, 1.165) is 6.42 Å². The molecule has 0 radical (unpaired) electrons. The van der Waals surface area contributed by atoms with E-state index in [4.69, 9.17) is 5.73 Å². The zero-order valence-electron chi connectivity index (χ0n) is 11.5. The Morgan fingerprint density at radius 1 is 1.55 bits per heavy atom. The standard InChI is InChI=1S/C13H19N3O4/c1-3-8(2)11(17)7-15-13(18)9-5-4-6-10(12(9)14)16(19)20/h4-6,8,11,17H,3,7,14H2,1-2H3,(H,15,18). The van der Waals surface area contributed by atoms with Crippen LogP contribution in [0.25, 0.3) is 0 Å². The number of nitrogens with two attached hydrogens (primary N) is 1. The first-order valence-electron chi connectivity index (χ1n) is 6.37.